The number of ether oxygens (including phenoxy) is 1. The molecule has 1 saturated heterocycles. The molecule has 2 heterocycles. The van der Waals surface area contributed by atoms with Gasteiger partial charge in [-0.05, 0) is 12.8 Å². The molecule has 1 aromatic rings. The van der Waals surface area contributed by atoms with Crippen LogP contribution in [0.5, 0.6) is 5.88 Å². The first-order chi connectivity index (χ1) is 8.56. The molecule has 18 heavy (non-hydrogen) atoms. The van der Waals surface area contributed by atoms with E-state index >= 15 is 0 Å². The number of sulfone groups is 1. The molecule has 1 aliphatic heterocycles. The van der Waals surface area contributed by atoms with Crippen LogP contribution in [-0.4, -0.2) is 41.6 Å². The predicted molar refractivity (Wildman–Crippen MR) is 65.0 cm³/mol. The Hall–Kier alpha value is -1.21. The van der Waals surface area contributed by atoms with Crippen LogP contribution in [-0.2, 0) is 9.84 Å². The lowest BCUT2D eigenvalue weighted by atomic mass is 10.1. The largest absolute Gasteiger partial charge is 0.480 e. The SMILES string of the molecule is COc1nccnc1C(O)C1CCCCS1(=O)=O. The second kappa shape index (κ2) is 5.19. The van der Waals surface area contributed by atoms with E-state index in [1.807, 2.05) is 0 Å². The first-order valence-corrected chi connectivity index (χ1v) is 7.52. The first-order valence-electron chi connectivity index (χ1n) is 5.81. The quantitative estimate of drug-likeness (QED) is 0.861. The molecule has 0 radical (unpaired) electrons. The maximum atomic E-state index is 11.9. The summed E-state index contributed by atoms with van der Waals surface area (Å²) in [5.74, 6) is 0.294. The van der Waals surface area contributed by atoms with Gasteiger partial charge in [-0.25, -0.2) is 13.4 Å². The van der Waals surface area contributed by atoms with E-state index in [0.29, 0.717) is 12.8 Å². The number of hydrogen-bond acceptors (Lipinski definition) is 6. The molecule has 1 aromatic heterocycles. The summed E-state index contributed by atoms with van der Waals surface area (Å²) in [5, 5.41) is 9.42. The van der Waals surface area contributed by atoms with E-state index in [-0.39, 0.29) is 17.3 Å². The van der Waals surface area contributed by atoms with Crippen LogP contribution in [0.2, 0.25) is 0 Å². The Labute approximate surface area is 106 Å². The molecule has 0 spiro atoms. The van der Waals surface area contributed by atoms with Gasteiger partial charge in [-0.2, -0.15) is 0 Å². The predicted octanol–water partition coefficient (Wildman–Crippen LogP) is 0.486. The number of nitrogens with zero attached hydrogens (tertiary/aromatic N) is 2. The summed E-state index contributed by atoms with van der Waals surface area (Å²) in [6.45, 7) is 0. The Balaban J connectivity index is 2.33. The normalized spacial score (nSPS) is 24.4. The Kier molecular flexibility index (Phi) is 3.82. The maximum Gasteiger partial charge on any atom is 0.238 e. The molecule has 1 fully saturated rings. The second-order valence-corrected chi connectivity index (χ2v) is 6.64. The number of hydrogen-bond donors (Lipinski definition) is 1. The molecule has 1 N–H and O–H groups in total. The molecule has 0 amide bonds. The lowest BCUT2D eigenvalue weighted by molar-refractivity contribution is 0.154. The third-order valence-corrected chi connectivity index (χ3v) is 5.42. The van der Waals surface area contributed by atoms with Crippen molar-refractivity contribution in [2.75, 3.05) is 12.9 Å². The van der Waals surface area contributed by atoms with Crippen LogP contribution < -0.4 is 4.74 Å². The van der Waals surface area contributed by atoms with Gasteiger partial charge >= 0.3 is 0 Å². The average Bonchev–Trinajstić information content (AvgIpc) is 2.37. The molecule has 0 aromatic carbocycles. The summed E-state index contributed by atoms with van der Waals surface area (Å²) >= 11 is 0. The molecule has 0 saturated carbocycles. The zero-order valence-electron chi connectivity index (χ0n) is 10.1. The van der Waals surface area contributed by atoms with Crippen molar-refractivity contribution in [2.24, 2.45) is 0 Å². The van der Waals surface area contributed by atoms with E-state index in [2.05, 4.69) is 9.97 Å². The lowest BCUT2D eigenvalue weighted by Crippen LogP contribution is -2.34. The van der Waals surface area contributed by atoms with Crippen molar-refractivity contribution >= 4 is 9.84 Å². The van der Waals surface area contributed by atoms with Gasteiger partial charge in [0.25, 0.3) is 0 Å². The molecule has 7 heteroatoms. The summed E-state index contributed by atoms with van der Waals surface area (Å²) in [5.41, 5.74) is 0.190. The highest BCUT2D eigenvalue weighted by molar-refractivity contribution is 7.92. The van der Waals surface area contributed by atoms with Gasteiger partial charge < -0.3 is 9.84 Å². The minimum Gasteiger partial charge on any atom is -0.480 e. The highest BCUT2D eigenvalue weighted by atomic mass is 32.2. The lowest BCUT2D eigenvalue weighted by Gasteiger charge is -2.26. The van der Waals surface area contributed by atoms with Crippen molar-refractivity contribution in [3.8, 4) is 5.88 Å². The molecular formula is C11H16N2O4S. The van der Waals surface area contributed by atoms with Crippen molar-refractivity contribution in [2.45, 2.75) is 30.6 Å². The van der Waals surface area contributed by atoms with E-state index in [1.165, 1.54) is 19.5 Å². The van der Waals surface area contributed by atoms with Crippen molar-refractivity contribution in [3.05, 3.63) is 18.1 Å². The number of aliphatic hydroxyl groups is 1. The number of aliphatic hydroxyl groups excluding tert-OH is 1. The van der Waals surface area contributed by atoms with Gasteiger partial charge in [0.1, 0.15) is 11.8 Å². The highest BCUT2D eigenvalue weighted by Crippen LogP contribution is 2.32. The van der Waals surface area contributed by atoms with E-state index in [1.54, 1.807) is 0 Å². The smallest absolute Gasteiger partial charge is 0.238 e. The Morgan fingerprint density at radius 2 is 2.11 bits per heavy atom. The van der Waals surface area contributed by atoms with Crippen LogP contribution in [0.15, 0.2) is 12.4 Å². The fourth-order valence-electron chi connectivity index (χ4n) is 2.21. The van der Waals surface area contributed by atoms with Gasteiger partial charge in [-0.1, -0.05) is 6.42 Å². The van der Waals surface area contributed by atoms with Crippen LogP contribution in [0, 0.1) is 0 Å². The van der Waals surface area contributed by atoms with Gasteiger partial charge in [0, 0.05) is 12.4 Å². The molecule has 0 bridgehead atoms. The van der Waals surface area contributed by atoms with Crippen molar-refractivity contribution in [1.82, 2.24) is 9.97 Å². The van der Waals surface area contributed by atoms with E-state index in [9.17, 15) is 13.5 Å². The number of aromatic nitrogens is 2. The first kappa shape index (κ1) is 13.2. The minimum absolute atomic E-state index is 0.122. The molecule has 2 atom stereocenters. The molecule has 2 rings (SSSR count). The van der Waals surface area contributed by atoms with Crippen LogP contribution in [0.3, 0.4) is 0 Å². The zero-order chi connectivity index (χ0) is 13.2. The standard InChI is InChI=1S/C11H16N2O4S/c1-17-11-9(12-5-6-13-11)10(14)8-4-2-3-7-18(8,15)16/h5-6,8,10,14H,2-4,7H2,1H3. The molecule has 100 valence electrons. The Morgan fingerprint density at radius 3 is 2.78 bits per heavy atom. The van der Waals surface area contributed by atoms with Crippen LogP contribution >= 0.6 is 0 Å². The van der Waals surface area contributed by atoms with Crippen molar-refractivity contribution < 1.29 is 18.3 Å². The van der Waals surface area contributed by atoms with Crippen LogP contribution in [0.25, 0.3) is 0 Å². The minimum atomic E-state index is -3.27. The molecule has 2 unspecified atom stereocenters. The summed E-state index contributed by atoms with van der Waals surface area (Å²) in [4.78, 5) is 7.91. The summed E-state index contributed by atoms with van der Waals surface area (Å²) in [6, 6.07) is 0. The monoisotopic (exact) mass is 272 g/mol. The summed E-state index contributed by atoms with van der Waals surface area (Å²) < 4.78 is 28.9. The van der Waals surface area contributed by atoms with Gasteiger partial charge in [0.2, 0.25) is 5.88 Å². The zero-order valence-corrected chi connectivity index (χ0v) is 10.9. The highest BCUT2D eigenvalue weighted by Gasteiger charge is 2.37. The van der Waals surface area contributed by atoms with Gasteiger partial charge in [-0.3, -0.25) is 4.98 Å². The van der Waals surface area contributed by atoms with E-state index in [0.717, 1.165) is 6.42 Å². The Bertz CT molecular complexity index is 518. The average molecular weight is 272 g/mol. The molecular weight excluding hydrogens is 256 g/mol. The van der Waals surface area contributed by atoms with Crippen LogP contribution in [0.4, 0.5) is 0 Å². The number of rotatable bonds is 3. The molecule has 6 nitrogen and oxygen atoms in total. The molecule has 0 aliphatic carbocycles. The van der Waals surface area contributed by atoms with Gasteiger partial charge in [0.15, 0.2) is 9.84 Å². The maximum absolute atomic E-state index is 11.9. The van der Waals surface area contributed by atoms with E-state index in [4.69, 9.17) is 4.74 Å². The van der Waals surface area contributed by atoms with Gasteiger partial charge in [-0.15, -0.1) is 0 Å². The van der Waals surface area contributed by atoms with Gasteiger partial charge in [0.05, 0.1) is 18.1 Å². The summed E-state index contributed by atoms with van der Waals surface area (Å²) in [7, 11) is -1.86. The fraction of sp³-hybridized carbons (Fsp3) is 0.636. The van der Waals surface area contributed by atoms with Crippen molar-refractivity contribution in [3.63, 3.8) is 0 Å². The topological polar surface area (TPSA) is 89.4 Å². The van der Waals surface area contributed by atoms with Crippen LogP contribution in [0.1, 0.15) is 31.1 Å². The fourth-order valence-corrected chi connectivity index (χ4v) is 4.16. The second-order valence-electron chi connectivity index (χ2n) is 4.30. The summed E-state index contributed by atoms with van der Waals surface area (Å²) in [6.07, 6.45) is 3.57. The Morgan fingerprint density at radius 1 is 1.39 bits per heavy atom. The van der Waals surface area contributed by atoms with Crippen molar-refractivity contribution in [1.29, 1.82) is 0 Å². The third kappa shape index (κ3) is 2.46. The third-order valence-electron chi connectivity index (χ3n) is 3.15. The molecule has 1 aliphatic rings. The van der Waals surface area contributed by atoms with E-state index < -0.39 is 21.2 Å². The number of methoxy groups -OCH3 is 1.